The summed E-state index contributed by atoms with van der Waals surface area (Å²) in [6.07, 6.45) is 5.30. The van der Waals surface area contributed by atoms with Crippen molar-refractivity contribution in [3.8, 4) is 11.5 Å². The van der Waals surface area contributed by atoms with Gasteiger partial charge in [0.15, 0.2) is 12.4 Å². The van der Waals surface area contributed by atoms with Crippen LogP contribution in [0.15, 0.2) is 91.0 Å². The van der Waals surface area contributed by atoms with Gasteiger partial charge in [0.05, 0.1) is 16.8 Å². The molecule has 2 bridgehead atoms. The number of amides is 2. The Hall–Kier alpha value is -5.12. The van der Waals surface area contributed by atoms with Crippen molar-refractivity contribution in [2.24, 2.45) is 35.5 Å². The highest BCUT2D eigenvalue weighted by molar-refractivity contribution is 6.09. The number of non-ortho nitro benzene ring substituents is 1. The smallest absolute Gasteiger partial charge is 0.330 e. The van der Waals surface area contributed by atoms with E-state index in [0.29, 0.717) is 23.3 Å². The molecule has 0 spiro atoms. The number of rotatable bonds is 10. The zero-order valence-corrected chi connectivity index (χ0v) is 23.5. The Morgan fingerprint density at radius 2 is 1.41 bits per heavy atom. The van der Waals surface area contributed by atoms with Gasteiger partial charge in [-0.05, 0) is 72.1 Å². The van der Waals surface area contributed by atoms with Crippen LogP contribution in [0.1, 0.15) is 22.3 Å². The lowest BCUT2D eigenvalue weighted by molar-refractivity contribution is -0.384. The molecule has 10 nitrogen and oxygen atoms in total. The minimum absolute atomic E-state index is 0.0267. The molecule has 8 rings (SSSR count). The second-order valence-electron chi connectivity index (χ2n) is 11.8. The number of likely N-dealkylation sites (tertiary alicyclic amines) is 1. The summed E-state index contributed by atoms with van der Waals surface area (Å²) in [5.41, 5.74) is 0.981. The first-order valence-corrected chi connectivity index (χ1v) is 14.6. The van der Waals surface area contributed by atoms with Crippen LogP contribution >= 0.6 is 0 Å². The number of esters is 1. The highest BCUT2D eigenvalue weighted by Crippen LogP contribution is 2.65. The monoisotopic (exact) mass is 592 g/mol. The van der Waals surface area contributed by atoms with E-state index in [1.165, 1.54) is 36.4 Å². The number of ether oxygens (including phenoxy) is 2. The molecule has 3 aromatic rings. The van der Waals surface area contributed by atoms with Crippen molar-refractivity contribution in [3.05, 3.63) is 112 Å². The van der Waals surface area contributed by atoms with E-state index in [1.807, 2.05) is 30.3 Å². The number of nitrogens with zero attached hydrogens (tertiary/aromatic N) is 2. The van der Waals surface area contributed by atoms with Crippen molar-refractivity contribution in [3.63, 3.8) is 0 Å². The molecule has 5 aliphatic rings. The Morgan fingerprint density at radius 1 is 0.841 bits per heavy atom. The molecule has 7 atom stereocenters. The van der Waals surface area contributed by atoms with Crippen LogP contribution in [0, 0.1) is 45.6 Å². The molecular weight excluding hydrogens is 564 g/mol. The number of carbonyl (C=O) groups excluding carboxylic acids is 4. The van der Waals surface area contributed by atoms with E-state index in [4.69, 9.17) is 9.47 Å². The third-order valence-electron chi connectivity index (χ3n) is 9.36. The van der Waals surface area contributed by atoms with E-state index >= 15 is 0 Å². The number of hydrogen-bond donors (Lipinski definition) is 0. The molecular formula is C34H28N2O8. The van der Waals surface area contributed by atoms with E-state index in [1.54, 1.807) is 12.1 Å². The molecule has 44 heavy (non-hydrogen) atoms. The van der Waals surface area contributed by atoms with Crippen molar-refractivity contribution in [2.75, 3.05) is 6.61 Å². The van der Waals surface area contributed by atoms with Crippen molar-refractivity contribution >= 4 is 29.3 Å². The van der Waals surface area contributed by atoms with Gasteiger partial charge in [-0.3, -0.25) is 29.4 Å². The molecule has 1 aliphatic heterocycles. The molecule has 222 valence electrons. The maximum Gasteiger partial charge on any atom is 0.330 e. The fourth-order valence-corrected chi connectivity index (χ4v) is 7.20. The van der Waals surface area contributed by atoms with Crippen LogP contribution in [0.3, 0.4) is 0 Å². The Bertz CT molecular complexity index is 1650. The Labute approximate surface area is 252 Å². The summed E-state index contributed by atoms with van der Waals surface area (Å²) < 4.78 is 11.2. The lowest BCUT2D eigenvalue weighted by Crippen LogP contribution is -2.48. The molecule has 2 saturated carbocycles. The molecule has 1 heterocycles. The topological polar surface area (TPSA) is 133 Å². The molecule has 0 radical (unpaired) electrons. The highest BCUT2D eigenvalue weighted by Gasteiger charge is 2.68. The van der Waals surface area contributed by atoms with Crippen molar-refractivity contribution in [1.82, 2.24) is 4.90 Å². The van der Waals surface area contributed by atoms with Gasteiger partial charge in [-0.2, -0.15) is 0 Å². The number of ketones is 1. The number of nitro groups is 1. The first-order valence-electron chi connectivity index (χ1n) is 14.6. The lowest BCUT2D eigenvalue weighted by Gasteiger charge is -2.37. The zero-order valence-electron chi connectivity index (χ0n) is 23.5. The maximum absolute atomic E-state index is 13.8. The number of benzene rings is 3. The minimum atomic E-state index is -1.18. The number of hydrogen-bond acceptors (Lipinski definition) is 8. The summed E-state index contributed by atoms with van der Waals surface area (Å²) in [5, 5.41) is 10.8. The van der Waals surface area contributed by atoms with Gasteiger partial charge < -0.3 is 9.47 Å². The van der Waals surface area contributed by atoms with Crippen LogP contribution in [0.25, 0.3) is 0 Å². The molecule has 0 N–H and O–H groups in total. The third kappa shape index (κ3) is 4.86. The Kier molecular flexibility index (Phi) is 6.84. The Morgan fingerprint density at radius 3 is 1.98 bits per heavy atom. The number of carbonyl (C=O) groups is 4. The predicted octanol–water partition coefficient (Wildman–Crippen LogP) is 4.78. The summed E-state index contributed by atoms with van der Waals surface area (Å²) in [5.74, 6) is -1.07. The quantitative estimate of drug-likeness (QED) is 0.0821. The van der Waals surface area contributed by atoms with E-state index in [-0.39, 0.29) is 41.3 Å². The molecule has 0 aromatic heterocycles. The van der Waals surface area contributed by atoms with Crippen molar-refractivity contribution < 1.29 is 33.6 Å². The second-order valence-corrected chi connectivity index (χ2v) is 11.8. The normalized spacial score (nSPS) is 26.5. The first kappa shape index (κ1) is 27.7. The average Bonchev–Trinajstić information content (AvgIpc) is 3.82. The molecule has 3 fully saturated rings. The van der Waals surface area contributed by atoms with Gasteiger partial charge in [0, 0.05) is 24.1 Å². The number of nitro benzene ring substituents is 1. The largest absolute Gasteiger partial charge is 0.457 e. The molecule has 3 aromatic carbocycles. The van der Waals surface area contributed by atoms with Gasteiger partial charge in [-0.1, -0.05) is 42.5 Å². The van der Waals surface area contributed by atoms with Gasteiger partial charge >= 0.3 is 5.97 Å². The number of imide groups is 1. The van der Waals surface area contributed by atoms with Crippen LogP contribution in [0.5, 0.6) is 11.5 Å². The minimum Gasteiger partial charge on any atom is -0.457 e. The molecule has 2 amide bonds. The van der Waals surface area contributed by atoms with E-state index in [9.17, 15) is 29.3 Å². The molecule has 0 unspecified atom stereocenters. The average molecular weight is 593 g/mol. The molecule has 1 saturated heterocycles. The van der Waals surface area contributed by atoms with Gasteiger partial charge in [0.25, 0.3) is 5.69 Å². The van der Waals surface area contributed by atoms with Crippen molar-refractivity contribution in [2.45, 2.75) is 18.9 Å². The van der Waals surface area contributed by atoms with E-state index < -0.39 is 41.2 Å². The maximum atomic E-state index is 13.8. The van der Waals surface area contributed by atoms with Gasteiger partial charge in [-0.15, -0.1) is 0 Å². The summed E-state index contributed by atoms with van der Waals surface area (Å²) in [4.78, 5) is 65.5. The van der Waals surface area contributed by atoms with Crippen LogP contribution in [-0.4, -0.2) is 46.0 Å². The van der Waals surface area contributed by atoms with Gasteiger partial charge in [0.2, 0.25) is 11.8 Å². The third-order valence-corrected chi connectivity index (χ3v) is 9.36. The van der Waals surface area contributed by atoms with Crippen LogP contribution in [-0.2, 0) is 25.5 Å². The summed E-state index contributed by atoms with van der Waals surface area (Å²) in [6, 6.07) is 19.7. The SMILES string of the molecule is O=C(COC(=O)[C@H](Cc1ccccc1)N1C(=O)[C@@H]2[C@H]3C=C[C@@H]([C@@H]4C[C@@H]34)[C@@H]2C1=O)c1ccc(Oc2ccc([N+](=O)[O-])cc2)cc1. The summed E-state index contributed by atoms with van der Waals surface area (Å²) in [7, 11) is 0. The molecule has 4 aliphatic carbocycles. The van der Waals surface area contributed by atoms with Crippen LogP contribution < -0.4 is 4.74 Å². The standard InChI is InChI=1S/C34H28N2O8/c37-29(20-6-10-22(11-7-20)44-23-12-8-21(9-13-23)36(41)42)18-43-34(40)28(16-19-4-2-1-3-5-19)35-32(38)30-24-14-15-25(27-17-26(24)27)31(30)33(35)39/h1-15,24-28,30-31H,16-18H2/t24-,25-,26-,27-,28-,30-,31+/m0/s1. The van der Waals surface area contributed by atoms with Crippen LogP contribution in [0.2, 0.25) is 0 Å². The lowest BCUT2D eigenvalue weighted by atomic mass is 9.63. The fraction of sp³-hybridized carbons (Fsp3) is 0.294. The van der Waals surface area contributed by atoms with Gasteiger partial charge in [-0.25, -0.2) is 4.79 Å². The van der Waals surface area contributed by atoms with Gasteiger partial charge in [0.1, 0.15) is 17.5 Å². The Balaban J connectivity index is 1.04. The number of Topliss-reactive ketones (excluding diaryl/α,β-unsaturated/α-hetero) is 1. The van der Waals surface area contributed by atoms with E-state index in [2.05, 4.69) is 12.2 Å². The first-order chi connectivity index (χ1) is 21.3. The highest BCUT2D eigenvalue weighted by atomic mass is 16.6. The summed E-state index contributed by atoms with van der Waals surface area (Å²) in [6.45, 7) is -0.563. The van der Waals surface area contributed by atoms with E-state index in [0.717, 1.165) is 16.9 Å². The molecule has 10 heteroatoms. The fourth-order valence-electron chi connectivity index (χ4n) is 7.20. The van der Waals surface area contributed by atoms with Crippen LogP contribution in [0.4, 0.5) is 5.69 Å². The number of allylic oxidation sites excluding steroid dienone is 2. The summed E-state index contributed by atoms with van der Waals surface area (Å²) >= 11 is 0. The zero-order chi connectivity index (χ0) is 30.5. The van der Waals surface area contributed by atoms with Crippen molar-refractivity contribution in [1.29, 1.82) is 0 Å². The second kappa shape index (κ2) is 10.9. The predicted molar refractivity (Wildman–Crippen MR) is 155 cm³/mol.